The van der Waals surface area contributed by atoms with Crippen LogP contribution in [0.4, 0.5) is 0 Å². The Morgan fingerprint density at radius 3 is 2.45 bits per heavy atom. The number of hydrogen-bond donors (Lipinski definition) is 2. The lowest BCUT2D eigenvalue weighted by Crippen LogP contribution is -2.34. The summed E-state index contributed by atoms with van der Waals surface area (Å²) < 4.78 is 2.04. The van der Waals surface area contributed by atoms with Crippen LogP contribution in [0.25, 0.3) is 11.1 Å². The molecule has 1 aliphatic heterocycles. The van der Waals surface area contributed by atoms with E-state index in [4.69, 9.17) is 15.2 Å². The van der Waals surface area contributed by atoms with Gasteiger partial charge in [0, 0.05) is 24.7 Å². The van der Waals surface area contributed by atoms with Crippen LogP contribution in [-0.4, -0.2) is 32.4 Å². The van der Waals surface area contributed by atoms with Gasteiger partial charge in [0.05, 0.1) is 18.4 Å². The maximum atomic E-state index is 7.88. The number of nitrogens with zero attached hydrogens (tertiary/aromatic N) is 4. The van der Waals surface area contributed by atoms with Crippen molar-refractivity contribution in [1.29, 1.82) is 0 Å². The largest absolute Gasteiger partial charge is 0.396 e. The molecular weight excluding hydrogens is 470 g/mol. The van der Waals surface area contributed by atoms with E-state index < -0.39 is 0 Å². The van der Waals surface area contributed by atoms with E-state index in [1.165, 1.54) is 46.5 Å². The van der Waals surface area contributed by atoms with Crippen molar-refractivity contribution in [1.82, 2.24) is 20.1 Å². The molecule has 1 aromatic carbocycles. The molecule has 2 aromatic heterocycles. The molecule has 0 spiro atoms. The molecule has 6 heteroatoms. The summed E-state index contributed by atoms with van der Waals surface area (Å²) in [5.74, 6) is 1.56. The normalized spacial score (nSPS) is 17.1. The van der Waals surface area contributed by atoms with E-state index in [1.807, 2.05) is 30.1 Å². The van der Waals surface area contributed by atoms with Gasteiger partial charge in [-0.1, -0.05) is 70.0 Å². The van der Waals surface area contributed by atoms with E-state index >= 15 is 0 Å². The predicted molar refractivity (Wildman–Crippen MR) is 158 cm³/mol. The van der Waals surface area contributed by atoms with Gasteiger partial charge in [0.15, 0.2) is 0 Å². The van der Waals surface area contributed by atoms with Crippen LogP contribution in [0, 0.1) is 5.92 Å². The van der Waals surface area contributed by atoms with Crippen molar-refractivity contribution in [2.45, 2.75) is 86.1 Å². The zero-order valence-electron chi connectivity index (χ0n) is 23.9. The summed E-state index contributed by atoms with van der Waals surface area (Å²) in [4.78, 5) is 9.27. The number of hydrogen-bond acceptors (Lipinski definition) is 4. The first-order valence-corrected chi connectivity index (χ1v) is 14.2. The van der Waals surface area contributed by atoms with E-state index in [1.54, 1.807) is 6.20 Å². The molecule has 0 saturated carbocycles. The van der Waals surface area contributed by atoms with Crippen molar-refractivity contribution >= 4 is 5.96 Å². The second-order valence-corrected chi connectivity index (χ2v) is 10.1. The SMILES string of the molecule is CCCO.CCc1cnn2c1CC/C(C)=C(\CCC(C)CC)NC2=NCc1ccc(-c2cccnc2)cc1. The average molecular weight is 516 g/mol. The fraction of sp³-hybridized carbons (Fsp3) is 0.469. The Labute approximate surface area is 228 Å². The Kier molecular flexibility index (Phi) is 11.7. The molecule has 0 fully saturated rings. The fourth-order valence-electron chi connectivity index (χ4n) is 4.38. The van der Waals surface area contributed by atoms with Gasteiger partial charge in [-0.2, -0.15) is 5.10 Å². The molecule has 1 unspecified atom stereocenters. The van der Waals surface area contributed by atoms with Crippen molar-refractivity contribution in [2.24, 2.45) is 10.9 Å². The minimum absolute atomic E-state index is 0.319. The highest BCUT2D eigenvalue weighted by molar-refractivity contribution is 5.84. The zero-order chi connectivity index (χ0) is 27.3. The molecule has 0 saturated heterocycles. The summed E-state index contributed by atoms with van der Waals surface area (Å²) in [5.41, 5.74) is 8.81. The van der Waals surface area contributed by atoms with Crippen LogP contribution in [0.5, 0.6) is 0 Å². The van der Waals surface area contributed by atoms with Gasteiger partial charge >= 0.3 is 0 Å². The Morgan fingerprint density at radius 2 is 1.82 bits per heavy atom. The average Bonchev–Trinajstić information content (AvgIpc) is 3.37. The van der Waals surface area contributed by atoms with Crippen molar-refractivity contribution in [3.63, 3.8) is 0 Å². The minimum atomic E-state index is 0.319. The van der Waals surface area contributed by atoms with Gasteiger partial charge in [-0.25, -0.2) is 9.67 Å². The summed E-state index contributed by atoms with van der Waals surface area (Å²) in [6.45, 7) is 11.9. The van der Waals surface area contributed by atoms with Gasteiger partial charge in [-0.3, -0.25) is 4.98 Å². The second kappa shape index (κ2) is 15.2. The van der Waals surface area contributed by atoms with Gasteiger partial charge in [-0.05, 0) is 79.7 Å². The Hall–Kier alpha value is -3.25. The number of aliphatic hydroxyl groups excluding tert-OH is 1. The molecule has 1 atom stereocenters. The lowest BCUT2D eigenvalue weighted by molar-refractivity contribution is 0.295. The first kappa shape index (κ1) is 29.3. The van der Waals surface area contributed by atoms with Crippen molar-refractivity contribution < 1.29 is 5.11 Å². The van der Waals surface area contributed by atoms with E-state index in [0.717, 1.165) is 49.5 Å². The standard InChI is InChI=1S/C29H37N5.C3H8O/c1-5-21(3)9-15-27-22(4)10-16-28-24(6-2)20-32-34(28)29(33-27)31-18-23-11-13-25(14-12-23)26-8-7-17-30-19-26;1-2-3-4/h7-8,11-14,17,19-21H,5-6,9-10,15-16,18H2,1-4H3,(H,31,33);4H,2-3H2,1H3/b27-22+;. The molecule has 0 radical (unpaired) electrons. The molecule has 204 valence electrons. The Bertz CT molecular complexity index is 1180. The smallest absolute Gasteiger partial charge is 0.224 e. The van der Waals surface area contributed by atoms with Crippen LogP contribution in [0.1, 0.15) is 83.5 Å². The maximum Gasteiger partial charge on any atom is 0.224 e. The molecular formula is C32H45N5O. The molecule has 2 N–H and O–H groups in total. The summed E-state index contributed by atoms with van der Waals surface area (Å²) in [7, 11) is 0. The number of aliphatic hydroxyl groups is 1. The molecule has 0 amide bonds. The lowest BCUT2D eigenvalue weighted by Gasteiger charge is -2.22. The summed E-state index contributed by atoms with van der Waals surface area (Å²) in [6, 6.07) is 12.7. The van der Waals surface area contributed by atoms with Crippen LogP contribution in [-0.2, 0) is 19.4 Å². The number of aromatic nitrogens is 3. The van der Waals surface area contributed by atoms with Crippen molar-refractivity contribution in [3.8, 4) is 11.1 Å². The van der Waals surface area contributed by atoms with E-state index in [0.29, 0.717) is 13.2 Å². The number of rotatable bonds is 9. The molecule has 0 bridgehead atoms. The van der Waals surface area contributed by atoms with E-state index in [9.17, 15) is 0 Å². The molecule has 1 aliphatic rings. The van der Waals surface area contributed by atoms with Gasteiger partial charge in [-0.15, -0.1) is 0 Å². The third-order valence-electron chi connectivity index (χ3n) is 7.22. The van der Waals surface area contributed by atoms with Crippen molar-refractivity contribution in [2.75, 3.05) is 6.61 Å². The number of nitrogens with one attached hydrogen (secondary N) is 1. The Morgan fingerprint density at radius 1 is 1.05 bits per heavy atom. The van der Waals surface area contributed by atoms with E-state index in [2.05, 4.69) is 68.3 Å². The van der Waals surface area contributed by atoms with E-state index in [-0.39, 0.29) is 0 Å². The summed E-state index contributed by atoms with van der Waals surface area (Å²) in [5, 5.41) is 16.3. The van der Waals surface area contributed by atoms with Crippen molar-refractivity contribution in [3.05, 3.63) is 83.1 Å². The van der Waals surface area contributed by atoms with Crippen LogP contribution >= 0.6 is 0 Å². The molecule has 38 heavy (non-hydrogen) atoms. The quantitative estimate of drug-likeness (QED) is 0.324. The van der Waals surface area contributed by atoms with Crippen LogP contribution in [0.2, 0.25) is 0 Å². The maximum absolute atomic E-state index is 7.88. The monoisotopic (exact) mass is 515 g/mol. The second-order valence-electron chi connectivity index (χ2n) is 10.1. The first-order valence-electron chi connectivity index (χ1n) is 14.2. The van der Waals surface area contributed by atoms with Gasteiger partial charge in [0.25, 0.3) is 0 Å². The van der Waals surface area contributed by atoms with Gasteiger partial charge in [0.2, 0.25) is 5.96 Å². The summed E-state index contributed by atoms with van der Waals surface area (Å²) >= 11 is 0. The van der Waals surface area contributed by atoms with Crippen LogP contribution < -0.4 is 5.32 Å². The van der Waals surface area contributed by atoms with Crippen LogP contribution in [0.3, 0.4) is 0 Å². The fourth-order valence-corrected chi connectivity index (χ4v) is 4.38. The lowest BCUT2D eigenvalue weighted by atomic mass is 9.97. The van der Waals surface area contributed by atoms with Gasteiger partial charge in [0.1, 0.15) is 0 Å². The highest BCUT2D eigenvalue weighted by Crippen LogP contribution is 2.23. The summed E-state index contributed by atoms with van der Waals surface area (Å²) in [6.07, 6.45) is 13.1. The Balaban J connectivity index is 0.000000934. The third-order valence-corrected chi connectivity index (χ3v) is 7.22. The number of benzene rings is 1. The van der Waals surface area contributed by atoms with Crippen LogP contribution in [0.15, 0.2) is 71.3 Å². The number of aliphatic imine (C=N–C) groups is 1. The number of allylic oxidation sites excluding steroid dienone is 2. The predicted octanol–water partition coefficient (Wildman–Crippen LogP) is 6.94. The third kappa shape index (κ3) is 8.12. The zero-order valence-corrected chi connectivity index (χ0v) is 23.9. The number of pyridine rings is 1. The minimum Gasteiger partial charge on any atom is -0.396 e. The molecule has 6 nitrogen and oxygen atoms in total. The number of aryl methyl sites for hydroxylation is 1. The molecule has 3 aromatic rings. The topological polar surface area (TPSA) is 75.3 Å². The highest BCUT2D eigenvalue weighted by atomic mass is 16.2. The molecule has 0 aliphatic carbocycles. The highest BCUT2D eigenvalue weighted by Gasteiger charge is 2.19. The first-order chi connectivity index (χ1) is 18.5. The molecule has 3 heterocycles. The van der Waals surface area contributed by atoms with Gasteiger partial charge < -0.3 is 10.4 Å². The number of fused-ring (bicyclic) bond motifs is 1. The molecule has 4 rings (SSSR count).